The van der Waals surface area contributed by atoms with Crippen molar-refractivity contribution in [3.05, 3.63) is 54.5 Å². The van der Waals surface area contributed by atoms with E-state index in [1.165, 1.54) is 6.20 Å². The maximum Gasteiger partial charge on any atom is 0.223 e. The molecule has 0 saturated heterocycles. The van der Waals surface area contributed by atoms with Gasteiger partial charge in [0.1, 0.15) is 5.69 Å². The first kappa shape index (κ1) is 12.5. The van der Waals surface area contributed by atoms with Gasteiger partial charge in [-0.25, -0.2) is 14.4 Å². The Hall–Kier alpha value is -2.49. The van der Waals surface area contributed by atoms with Crippen molar-refractivity contribution in [2.24, 2.45) is 0 Å². The third-order valence-corrected chi connectivity index (χ3v) is 3.12. The summed E-state index contributed by atoms with van der Waals surface area (Å²) in [7, 11) is 0. The molecule has 3 aromatic rings. The number of hydrogen-bond acceptors (Lipinski definition) is 3. The summed E-state index contributed by atoms with van der Waals surface area (Å²) in [5, 5.41) is 5.05. The first-order valence-corrected chi connectivity index (χ1v) is 6.54. The van der Waals surface area contributed by atoms with E-state index in [9.17, 15) is 4.39 Å². The van der Waals surface area contributed by atoms with Crippen LogP contribution in [0.4, 0.5) is 10.3 Å². The number of hydrogen-bond donors (Lipinski definition) is 1. The molecule has 3 nitrogen and oxygen atoms in total. The minimum absolute atomic E-state index is 0.327. The summed E-state index contributed by atoms with van der Waals surface area (Å²) in [5.41, 5.74) is 1.11. The molecular weight excluding hydrogens is 253 g/mol. The Morgan fingerprint density at radius 1 is 1.10 bits per heavy atom. The van der Waals surface area contributed by atoms with Gasteiger partial charge in [-0.05, 0) is 17.7 Å². The van der Waals surface area contributed by atoms with Gasteiger partial charge in [0, 0.05) is 12.1 Å². The van der Waals surface area contributed by atoms with Crippen molar-refractivity contribution in [3.8, 4) is 11.3 Å². The Labute approximate surface area is 116 Å². The van der Waals surface area contributed by atoms with E-state index < -0.39 is 5.82 Å². The summed E-state index contributed by atoms with van der Waals surface area (Å²) in [4.78, 5) is 8.22. The average Bonchev–Trinajstić information content (AvgIpc) is 2.49. The molecule has 1 heterocycles. The quantitative estimate of drug-likeness (QED) is 0.782. The fourth-order valence-corrected chi connectivity index (χ4v) is 2.23. The van der Waals surface area contributed by atoms with E-state index in [0.717, 1.165) is 16.3 Å². The highest BCUT2D eigenvalue weighted by molar-refractivity contribution is 5.95. The highest BCUT2D eigenvalue weighted by atomic mass is 19.1. The SMILES string of the molecule is CCNc1ncc(F)c(-c2cccc3ccccc23)n1. The highest BCUT2D eigenvalue weighted by Gasteiger charge is 2.11. The van der Waals surface area contributed by atoms with Crippen molar-refractivity contribution in [2.75, 3.05) is 11.9 Å². The number of halogens is 1. The summed E-state index contributed by atoms with van der Waals surface area (Å²) < 4.78 is 14.1. The van der Waals surface area contributed by atoms with Crippen LogP contribution in [0.15, 0.2) is 48.7 Å². The van der Waals surface area contributed by atoms with E-state index in [-0.39, 0.29) is 0 Å². The van der Waals surface area contributed by atoms with Crippen LogP contribution in [0.25, 0.3) is 22.0 Å². The lowest BCUT2D eigenvalue weighted by Crippen LogP contribution is -2.04. The van der Waals surface area contributed by atoms with Crippen LogP contribution < -0.4 is 5.32 Å². The number of nitrogens with one attached hydrogen (secondary N) is 1. The van der Waals surface area contributed by atoms with Crippen LogP contribution in [-0.4, -0.2) is 16.5 Å². The molecule has 0 aliphatic heterocycles. The molecule has 3 rings (SSSR count). The van der Waals surface area contributed by atoms with Crippen LogP contribution in [0.3, 0.4) is 0 Å². The molecule has 0 fully saturated rings. The van der Waals surface area contributed by atoms with Gasteiger partial charge in [0.05, 0.1) is 6.20 Å². The van der Waals surface area contributed by atoms with Crippen LogP contribution in [0.2, 0.25) is 0 Å². The maximum atomic E-state index is 14.1. The normalized spacial score (nSPS) is 10.7. The molecule has 0 saturated carbocycles. The number of rotatable bonds is 3. The third kappa shape index (κ3) is 2.20. The predicted molar refractivity (Wildman–Crippen MR) is 79.1 cm³/mol. The van der Waals surface area contributed by atoms with Crippen LogP contribution >= 0.6 is 0 Å². The van der Waals surface area contributed by atoms with Crippen molar-refractivity contribution in [1.29, 1.82) is 0 Å². The van der Waals surface area contributed by atoms with E-state index >= 15 is 0 Å². The topological polar surface area (TPSA) is 37.8 Å². The minimum Gasteiger partial charge on any atom is -0.354 e. The van der Waals surface area contributed by atoms with Crippen molar-refractivity contribution >= 4 is 16.7 Å². The molecule has 1 aromatic heterocycles. The lowest BCUT2D eigenvalue weighted by atomic mass is 10.0. The largest absolute Gasteiger partial charge is 0.354 e. The molecule has 1 N–H and O–H groups in total. The van der Waals surface area contributed by atoms with E-state index in [0.29, 0.717) is 18.2 Å². The first-order chi connectivity index (χ1) is 9.79. The van der Waals surface area contributed by atoms with Crippen LogP contribution in [0.1, 0.15) is 6.92 Å². The smallest absolute Gasteiger partial charge is 0.223 e. The van der Waals surface area contributed by atoms with Crippen LogP contribution in [0, 0.1) is 5.82 Å². The standard InChI is InChI=1S/C16H14FN3/c1-2-18-16-19-10-14(17)15(20-16)13-9-5-7-11-6-3-4-8-12(11)13/h3-10H,2H2,1H3,(H,18,19,20). The molecular formula is C16H14FN3. The molecule has 2 aromatic carbocycles. The Morgan fingerprint density at radius 3 is 2.75 bits per heavy atom. The molecule has 0 atom stereocenters. The second kappa shape index (κ2) is 5.25. The fourth-order valence-electron chi connectivity index (χ4n) is 2.23. The molecule has 0 spiro atoms. The Balaban J connectivity index is 2.22. The average molecular weight is 267 g/mol. The van der Waals surface area contributed by atoms with E-state index in [1.54, 1.807) is 0 Å². The second-order valence-electron chi connectivity index (χ2n) is 4.45. The fraction of sp³-hybridized carbons (Fsp3) is 0.125. The van der Waals surface area contributed by atoms with E-state index in [4.69, 9.17) is 0 Å². The molecule has 0 bridgehead atoms. The van der Waals surface area contributed by atoms with Crippen molar-refractivity contribution in [1.82, 2.24) is 9.97 Å². The van der Waals surface area contributed by atoms with E-state index in [1.807, 2.05) is 49.4 Å². The summed E-state index contributed by atoms with van der Waals surface area (Å²) in [5.74, 6) is 0.0276. The van der Waals surface area contributed by atoms with Crippen LogP contribution in [-0.2, 0) is 0 Å². The van der Waals surface area contributed by atoms with Gasteiger partial charge in [-0.1, -0.05) is 42.5 Å². The van der Waals surface area contributed by atoms with Gasteiger partial charge in [0.25, 0.3) is 0 Å². The van der Waals surface area contributed by atoms with Crippen LogP contribution in [0.5, 0.6) is 0 Å². The molecule has 100 valence electrons. The van der Waals surface area contributed by atoms with Crippen molar-refractivity contribution < 1.29 is 4.39 Å². The van der Waals surface area contributed by atoms with Gasteiger partial charge >= 0.3 is 0 Å². The number of fused-ring (bicyclic) bond motifs is 1. The maximum absolute atomic E-state index is 14.1. The minimum atomic E-state index is -0.414. The molecule has 0 unspecified atom stereocenters. The number of nitrogens with zero attached hydrogens (tertiary/aromatic N) is 2. The van der Waals surface area contributed by atoms with E-state index in [2.05, 4.69) is 15.3 Å². The number of benzene rings is 2. The molecule has 20 heavy (non-hydrogen) atoms. The summed E-state index contributed by atoms with van der Waals surface area (Å²) in [6.07, 6.45) is 1.21. The third-order valence-electron chi connectivity index (χ3n) is 3.12. The molecule has 0 amide bonds. The first-order valence-electron chi connectivity index (χ1n) is 6.54. The zero-order valence-electron chi connectivity index (χ0n) is 11.1. The Morgan fingerprint density at radius 2 is 1.90 bits per heavy atom. The summed E-state index contributed by atoms with van der Waals surface area (Å²) >= 11 is 0. The summed E-state index contributed by atoms with van der Waals surface area (Å²) in [6.45, 7) is 2.64. The molecule has 0 aliphatic rings. The summed E-state index contributed by atoms with van der Waals surface area (Å²) in [6, 6.07) is 13.7. The zero-order valence-corrected chi connectivity index (χ0v) is 11.1. The Kier molecular flexibility index (Phi) is 3.29. The highest BCUT2D eigenvalue weighted by Crippen LogP contribution is 2.29. The predicted octanol–water partition coefficient (Wildman–Crippen LogP) is 3.87. The number of aromatic nitrogens is 2. The van der Waals surface area contributed by atoms with Gasteiger partial charge in [0.2, 0.25) is 5.95 Å². The van der Waals surface area contributed by atoms with Gasteiger partial charge in [-0.15, -0.1) is 0 Å². The van der Waals surface area contributed by atoms with Gasteiger partial charge in [0.15, 0.2) is 5.82 Å². The second-order valence-corrected chi connectivity index (χ2v) is 4.45. The Bertz CT molecular complexity index is 750. The van der Waals surface area contributed by atoms with Crippen molar-refractivity contribution in [3.63, 3.8) is 0 Å². The monoisotopic (exact) mass is 267 g/mol. The number of anilines is 1. The zero-order chi connectivity index (χ0) is 13.9. The molecule has 0 aliphatic carbocycles. The van der Waals surface area contributed by atoms with Gasteiger partial charge < -0.3 is 5.32 Å². The van der Waals surface area contributed by atoms with Gasteiger partial charge in [-0.3, -0.25) is 0 Å². The van der Waals surface area contributed by atoms with Crippen molar-refractivity contribution in [2.45, 2.75) is 6.92 Å². The molecule has 4 heteroatoms. The molecule has 0 radical (unpaired) electrons. The lowest BCUT2D eigenvalue weighted by molar-refractivity contribution is 0.619. The lowest BCUT2D eigenvalue weighted by Gasteiger charge is -2.09. The van der Waals surface area contributed by atoms with Gasteiger partial charge in [-0.2, -0.15) is 0 Å².